The highest BCUT2D eigenvalue weighted by Crippen LogP contribution is 2.19. The molecule has 9 heteroatoms. The molecule has 1 aliphatic heterocycles. The fraction of sp³-hybridized carbons (Fsp3) is 0.316. The van der Waals surface area contributed by atoms with Crippen LogP contribution in [0.25, 0.3) is 0 Å². The van der Waals surface area contributed by atoms with Crippen molar-refractivity contribution >= 4 is 33.8 Å². The first kappa shape index (κ1) is 19.8. The molecule has 0 spiro atoms. The summed E-state index contributed by atoms with van der Waals surface area (Å²) in [6.45, 7) is 3.53. The number of aryl methyl sites for hydroxylation is 1. The standard InChI is InChI=1S/C19H23N7OS/c1-13-4-6-14(7-5-13)11-17(27)24-19(21)28-18(20)23-15-8-10-26(12-15)16-3-2-9-22-25-16/h2-7,9,15H,8,10-12H2,1H3,(H2,20,23)(H2,21,24,27). The Balaban J connectivity index is 1.46. The normalized spacial score (nSPS) is 16.8. The lowest BCUT2D eigenvalue weighted by molar-refractivity contribution is -0.119. The van der Waals surface area contributed by atoms with Gasteiger partial charge in [-0.25, -0.2) is 0 Å². The topological polar surface area (TPSA) is 120 Å². The predicted octanol–water partition coefficient (Wildman–Crippen LogP) is 1.71. The van der Waals surface area contributed by atoms with Gasteiger partial charge in [0.2, 0.25) is 5.91 Å². The zero-order valence-electron chi connectivity index (χ0n) is 15.6. The summed E-state index contributed by atoms with van der Waals surface area (Å²) in [7, 11) is 0. The number of hydrogen-bond acceptors (Lipinski definition) is 7. The number of benzene rings is 1. The molecule has 0 bridgehead atoms. The summed E-state index contributed by atoms with van der Waals surface area (Å²) in [5.74, 6) is 0.575. The highest BCUT2D eigenvalue weighted by molar-refractivity contribution is 8.26. The molecule has 1 saturated heterocycles. The predicted molar refractivity (Wildman–Crippen MR) is 113 cm³/mol. The van der Waals surface area contributed by atoms with E-state index < -0.39 is 0 Å². The van der Waals surface area contributed by atoms with E-state index in [-0.39, 0.29) is 28.7 Å². The minimum atomic E-state index is -0.246. The van der Waals surface area contributed by atoms with Crippen LogP contribution < -0.4 is 16.0 Å². The van der Waals surface area contributed by atoms with Crippen molar-refractivity contribution < 1.29 is 4.79 Å². The Morgan fingerprint density at radius 3 is 2.89 bits per heavy atom. The summed E-state index contributed by atoms with van der Waals surface area (Å²) >= 11 is 0.957. The highest BCUT2D eigenvalue weighted by Gasteiger charge is 2.23. The number of nitrogens with two attached hydrogens (primary N) is 1. The van der Waals surface area contributed by atoms with E-state index in [1.165, 1.54) is 0 Å². The molecule has 0 saturated carbocycles. The molecule has 0 aliphatic carbocycles. The van der Waals surface area contributed by atoms with Gasteiger partial charge in [0.25, 0.3) is 0 Å². The van der Waals surface area contributed by atoms with Gasteiger partial charge in [0.15, 0.2) is 16.2 Å². The van der Waals surface area contributed by atoms with Gasteiger partial charge >= 0.3 is 0 Å². The van der Waals surface area contributed by atoms with Gasteiger partial charge in [0, 0.05) is 19.3 Å². The lowest BCUT2D eigenvalue weighted by Gasteiger charge is -2.15. The summed E-state index contributed by atoms with van der Waals surface area (Å²) in [5.41, 5.74) is 8.00. The first-order valence-corrected chi connectivity index (χ1v) is 9.79. The molecule has 3 rings (SSSR count). The Labute approximate surface area is 168 Å². The Hall–Kier alpha value is -2.94. The average molecular weight is 398 g/mol. The molecule has 2 aromatic rings. The van der Waals surface area contributed by atoms with Crippen molar-refractivity contribution in [3.63, 3.8) is 0 Å². The maximum Gasteiger partial charge on any atom is 0.230 e. The van der Waals surface area contributed by atoms with Crippen LogP contribution >= 0.6 is 11.8 Å². The molecule has 1 atom stereocenters. The maximum atomic E-state index is 12.1. The second-order valence-corrected chi connectivity index (χ2v) is 7.61. The molecule has 1 aromatic heterocycles. The average Bonchev–Trinajstić information content (AvgIpc) is 3.12. The molecule has 1 amide bonds. The molecular weight excluding hydrogens is 374 g/mol. The number of amidine groups is 2. The van der Waals surface area contributed by atoms with Crippen molar-refractivity contribution in [3.8, 4) is 0 Å². The lowest BCUT2D eigenvalue weighted by atomic mass is 10.1. The highest BCUT2D eigenvalue weighted by atomic mass is 32.2. The molecule has 146 valence electrons. The van der Waals surface area contributed by atoms with Gasteiger partial charge in [-0.3, -0.25) is 15.2 Å². The van der Waals surface area contributed by atoms with E-state index in [1.807, 2.05) is 43.3 Å². The number of anilines is 1. The Morgan fingerprint density at radius 2 is 2.18 bits per heavy atom. The van der Waals surface area contributed by atoms with Crippen LogP contribution in [0, 0.1) is 12.3 Å². The summed E-state index contributed by atoms with van der Waals surface area (Å²) < 4.78 is 0. The molecule has 1 aromatic carbocycles. The van der Waals surface area contributed by atoms with E-state index >= 15 is 0 Å². The van der Waals surface area contributed by atoms with E-state index in [4.69, 9.17) is 11.1 Å². The Morgan fingerprint density at radius 1 is 1.39 bits per heavy atom. The van der Waals surface area contributed by atoms with Gasteiger partial charge in [0.1, 0.15) is 0 Å². The van der Waals surface area contributed by atoms with Crippen LogP contribution in [0.4, 0.5) is 5.82 Å². The van der Waals surface area contributed by atoms with Gasteiger partial charge in [0.05, 0.1) is 12.5 Å². The molecule has 2 heterocycles. The van der Waals surface area contributed by atoms with Crippen LogP contribution in [-0.2, 0) is 11.2 Å². The van der Waals surface area contributed by atoms with E-state index in [2.05, 4.69) is 25.4 Å². The summed E-state index contributed by atoms with van der Waals surface area (Å²) in [6.07, 6.45) is 2.71. The molecule has 4 N–H and O–H groups in total. The second kappa shape index (κ2) is 9.32. The van der Waals surface area contributed by atoms with Gasteiger partial charge < -0.3 is 16.0 Å². The minimum absolute atomic E-state index is 0.0258. The number of carbonyl (C=O) groups is 1. The third kappa shape index (κ3) is 5.78. The zero-order valence-corrected chi connectivity index (χ0v) is 16.4. The second-order valence-electron chi connectivity index (χ2n) is 6.58. The van der Waals surface area contributed by atoms with Gasteiger partial charge in [-0.05, 0) is 42.8 Å². The van der Waals surface area contributed by atoms with Crippen molar-refractivity contribution in [2.75, 3.05) is 18.0 Å². The van der Waals surface area contributed by atoms with E-state index in [1.54, 1.807) is 6.20 Å². The van der Waals surface area contributed by atoms with Crippen LogP contribution in [0.3, 0.4) is 0 Å². The molecule has 8 nitrogen and oxygen atoms in total. The van der Waals surface area contributed by atoms with Crippen LogP contribution in [-0.4, -0.2) is 45.6 Å². The van der Waals surface area contributed by atoms with E-state index in [9.17, 15) is 4.79 Å². The number of aliphatic imine (C=N–C) groups is 1. The smallest absolute Gasteiger partial charge is 0.230 e. The molecule has 1 fully saturated rings. The Bertz CT molecular complexity index is 854. The van der Waals surface area contributed by atoms with Gasteiger partial charge in [-0.1, -0.05) is 29.8 Å². The number of carbonyl (C=O) groups excluding carboxylic acids is 1. The van der Waals surface area contributed by atoms with Crippen LogP contribution in [0.1, 0.15) is 17.5 Å². The number of thioether (sulfide) groups is 1. The number of rotatable bonds is 4. The van der Waals surface area contributed by atoms with Gasteiger partial charge in [-0.2, -0.15) is 5.10 Å². The summed E-state index contributed by atoms with van der Waals surface area (Å²) in [4.78, 5) is 18.6. The van der Waals surface area contributed by atoms with Crippen molar-refractivity contribution in [2.24, 2.45) is 10.7 Å². The summed E-state index contributed by atoms with van der Waals surface area (Å²) in [5, 5.41) is 18.7. The van der Waals surface area contributed by atoms with Crippen molar-refractivity contribution in [1.82, 2.24) is 15.5 Å². The molecule has 1 unspecified atom stereocenters. The third-order valence-electron chi connectivity index (χ3n) is 4.30. The van der Waals surface area contributed by atoms with Crippen molar-refractivity contribution in [2.45, 2.75) is 25.8 Å². The molecule has 1 aliphatic rings. The number of nitrogens with zero attached hydrogens (tertiary/aromatic N) is 4. The molecular formula is C19H23N7OS. The SMILES string of the molecule is Cc1ccc(CC(=O)NC(=N)SC(N)=NC2CCN(c3cccnn3)C2)cc1. The lowest BCUT2D eigenvalue weighted by Crippen LogP contribution is -2.31. The number of hydrogen-bond donors (Lipinski definition) is 3. The zero-order chi connectivity index (χ0) is 19.9. The van der Waals surface area contributed by atoms with Crippen molar-refractivity contribution in [1.29, 1.82) is 5.41 Å². The first-order valence-electron chi connectivity index (χ1n) is 8.97. The fourth-order valence-electron chi connectivity index (χ4n) is 2.92. The third-order valence-corrected chi connectivity index (χ3v) is 4.92. The monoisotopic (exact) mass is 397 g/mol. The van der Waals surface area contributed by atoms with E-state index in [0.717, 1.165) is 41.7 Å². The van der Waals surface area contributed by atoms with E-state index in [0.29, 0.717) is 6.54 Å². The van der Waals surface area contributed by atoms with Gasteiger partial charge in [-0.15, -0.1) is 5.10 Å². The first-order chi connectivity index (χ1) is 13.5. The number of aromatic nitrogens is 2. The summed E-state index contributed by atoms with van der Waals surface area (Å²) in [6, 6.07) is 11.5. The minimum Gasteiger partial charge on any atom is -0.378 e. The molecule has 28 heavy (non-hydrogen) atoms. The van der Waals surface area contributed by atoms with Crippen LogP contribution in [0.5, 0.6) is 0 Å². The number of amides is 1. The van der Waals surface area contributed by atoms with Crippen molar-refractivity contribution in [3.05, 3.63) is 53.7 Å². The van der Waals surface area contributed by atoms with Crippen LogP contribution in [0.15, 0.2) is 47.6 Å². The quantitative estimate of drug-likeness (QED) is 0.533. The fourth-order valence-corrected chi connectivity index (χ4v) is 3.49. The Kier molecular flexibility index (Phi) is 6.59. The maximum absolute atomic E-state index is 12.1. The molecule has 0 radical (unpaired) electrons. The van der Waals surface area contributed by atoms with Crippen LogP contribution in [0.2, 0.25) is 0 Å². The largest absolute Gasteiger partial charge is 0.378 e. The number of nitrogens with one attached hydrogen (secondary N) is 2.